The van der Waals surface area contributed by atoms with Crippen LogP contribution >= 0.6 is 0 Å². The Morgan fingerprint density at radius 1 is 1.29 bits per heavy atom. The molecule has 4 heteroatoms. The van der Waals surface area contributed by atoms with Gasteiger partial charge in [-0.2, -0.15) is 0 Å². The molecule has 0 saturated heterocycles. The van der Waals surface area contributed by atoms with E-state index in [1.165, 1.54) is 4.90 Å². The van der Waals surface area contributed by atoms with Gasteiger partial charge in [0.1, 0.15) is 0 Å². The number of hydrogen-bond acceptors (Lipinski definition) is 2. The first kappa shape index (κ1) is 11.9. The molecule has 92 valence electrons. The maximum atomic E-state index is 11.2. The van der Waals surface area contributed by atoms with E-state index in [-0.39, 0.29) is 12.1 Å². The van der Waals surface area contributed by atoms with Crippen LogP contribution in [0.4, 0.5) is 4.79 Å². The Bertz CT molecular complexity index is 380. The van der Waals surface area contributed by atoms with Crippen molar-refractivity contribution < 1.29 is 15.0 Å². The number of amides is 1. The molecule has 1 aromatic rings. The minimum Gasteiger partial charge on any atom is -0.465 e. The Morgan fingerprint density at radius 2 is 2.00 bits per heavy atom. The zero-order chi connectivity index (χ0) is 12.3. The van der Waals surface area contributed by atoms with Gasteiger partial charge in [0, 0.05) is 12.6 Å². The molecule has 0 aliphatic heterocycles. The fourth-order valence-electron chi connectivity index (χ4n) is 2.35. The van der Waals surface area contributed by atoms with Crippen LogP contribution in [0.3, 0.4) is 0 Å². The fourth-order valence-corrected chi connectivity index (χ4v) is 2.35. The van der Waals surface area contributed by atoms with Crippen molar-refractivity contribution in [3.8, 4) is 0 Å². The third-order valence-corrected chi connectivity index (χ3v) is 3.26. The largest absolute Gasteiger partial charge is 0.465 e. The van der Waals surface area contributed by atoms with E-state index in [0.29, 0.717) is 19.4 Å². The Kier molecular flexibility index (Phi) is 3.64. The minimum absolute atomic E-state index is 0.0530. The fraction of sp³-hybridized carbons (Fsp3) is 0.462. The van der Waals surface area contributed by atoms with Crippen LogP contribution in [0, 0.1) is 0 Å². The molecule has 1 aliphatic rings. The van der Waals surface area contributed by atoms with Gasteiger partial charge in [-0.3, -0.25) is 0 Å². The number of carbonyl (C=O) groups is 1. The number of hydrogen-bond donors (Lipinski definition) is 2. The normalized spacial score (nSPS) is 23.6. The standard InChI is InChI=1S/C13H17NO3/c15-12-7-6-11(8-12)14(13(16)17)9-10-4-2-1-3-5-10/h1-5,11-12,15H,6-9H2,(H,16,17)/t11-,12-/m0/s1. The number of benzene rings is 1. The molecule has 2 rings (SSSR count). The van der Waals surface area contributed by atoms with Crippen LogP contribution in [0.15, 0.2) is 30.3 Å². The lowest BCUT2D eigenvalue weighted by molar-refractivity contribution is 0.113. The molecule has 0 heterocycles. The van der Waals surface area contributed by atoms with Crippen LogP contribution < -0.4 is 0 Å². The van der Waals surface area contributed by atoms with Gasteiger partial charge in [-0.05, 0) is 24.8 Å². The quantitative estimate of drug-likeness (QED) is 0.843. The molecule has 1 saturated carbocycles. The lowest BCUT2D eigenvalue weighted by atomic mass is 10.1. The number of aliphatic hydroxyl groups is 1. The topological polar surface area (TPSA) is 60.8 Å². The molecule has 0 spiro atoms. The lowest BCUT2D eigenvalue weighted by Gasteiger charge is -2.26. The van der Waals surface area contributed by atoms with Crippen molar-refractivity contribution in [3.05, 3.63) is 35.9 Å². The van der Waals surface area contributed by atoms with Gasteiger partial charge in [0.25, 0.3) is 0 Å². The predicted octanol–water partition coefficient (Wildman–Crippen LogP) is 2.08. The van der Waals surface area contributed by atoms with E-state index in [1.807, 2.05) is 30.3 Å². The number of aliphatic hydroxyl groups excluding tert-OH is 1. The summed E-state index contributed by atoms with van der Waals surface area (Å²) in [4.78, 5) is 12.7. The first-order valence-corrected chi connectivity index (χ1v) is 5.88. The molecule has 1 aliphatic carbocycles. The van der Waals surface area contributed by atoms with Gasteiger partial charge in [0.2, 0.25) is 0 Å². The summed E-state index contributed by atoms with van der Waals surface area (Å²) in [5, 5.41) is 18.7. The van der Waals surface area contributed by atoms with E-state index in [9.17, 15) is 15.0 Å². The molecule has 4 nitrogen and oxygen atoms in total. The Morgan fingerprint density at radius 3 is 2.53 bits per heavy atom. The van der Waals surface area contributed by atoms with Gasteiger partial charge in [0.05, 0.1) is 6.10 Å². The van der Waals surface area contributed by atoms with Crippen LogP contribution in [-0.4, -0.2) is 33.4 Å². The molecule has 2 N–H and O–H groups in total. The van der Waals surface area contributed by atoms with Crippen LogP contribution in [0.5, 0.6) is 0 Å². The zero-order valence-corrected chi connectivity index (χ0v) is 9.62. The third kappa shape index (κ3) is 2.97. The van der Waals surface area contributed by atoms with E-state index >= 15 is 0 Å². The molecule has 2 atom stereocenters. The van der Waals surface area contributed by atoms with Gasteiger partial charge in [0.15, 0.2) is 0 Å². The van der Waals surface area contributed by atoms with Crippen molar-refractivity contribution >= 4 is 6.09 Å². The second kappa shape index (κ2) is 5.19. The summed E-state index contributed by atoms with van der Waals surface area (Å²) in [7, 11) is 0. The molecule has 0 aromatic heterocycles. The van der Waals surface area contributed by atoms with Crippen molar-refractivity contribution in [2.75, 3.05) is 0 Å². The van der Waals surface area contributed by atoms with Crippen LogP contribution in [0.2, 0.25) is 0 Å². The lowest BCUT2D eigenvalue weighted by Crippen LogP contribution is -2.37. The van der Waals surface area contributed by atoms with Crippen LogP contribution in [0.25, 0.3) is 0 Å². The van der Waals surface area contributed by atoms with E-state index < -0.39 is 6.09 Å². The zero-order valence-electron chi connectivity index (χ0n) is 9.62. The van der Waals surface area contributed by atoms with Crippen LogP contribution in [-0.2, 0) is 6.54 Å². The smallest absolute Gasteiger partial charge is 0.407 e. The first-order chi connectivity index (χ1) is 8.16. The van der Waals surface area contributed by atoms with Gasteiger partial charge in [-0.15, -0.1) is 0 Å². The highest BCUT2D eigenvalue weighted by Crippen LogP contribution is 2.25. The summed E-state index contributed by atoms with van der Waals surface area (Å²) in [6, 6.07) is 9.50. The highest BCUT2D eigenvalue weighted by Gasteiger charge is 2.30. The average Bonchev–Trinajstić information content (AvgIpc) is 2.73. The molecular weight excluding hydrogens is 218 g/mol. The van der Waals surface area contributed by atoms with Gasteiger partial charge in [-0.25, -0.2) is 4.79 Å². The number of rotatable bonds is 3. The summed E-state index contributed by atoms with van der Waals surface area (Å²) in [6.07, 6.45) is 0.744. The van der Waals surface area contributed by atoms with Crippen molar-refractivity contribution in [1.29, 1.82) is 0 Å². The van der Waals surface area contributed by atoms with E-state index in [2.05, 4.69) is 0 Å². The highest BCUT2D eigenvalue weighted by atomic mass is 16.4. The molecule has 0 unspecified atom stereocenters. The molecule has 1 aromatic carbocycles. The first-order valence-electron chi connectivity index (χ1n) is 5.88. The van der Waals surface area contributed by atoms with Crippen molar-refractivity contribution in [2.24, 2.45) is 0 Å². The second-order valence-corrected chi connectivity index (χ2v) is 4.52. The monoisotopic (exact) mass is 235 g/mol. The van der Waals surface area contributed by atoms with Gasteiger partial charge < -0.3 is 15.1 Å². The number of nitrogens with zero attached hydrogens (tertiary/aromatic N) is 1. The summed E-state index contributed by atoms with van der Waals surface area (Å²) < 4.78 is 0. The molecule has 1 amide bonds. The summed E-state index contributed by atoms with van der Waals surface area (Å²) >= 11 is 0. The van der Waals surface area contributed by atoms with Crippen molar-refractivity contribution in [1.82, 2.24) is 4.90 Å². The predicted molar refractivity (Wildman–Crippen MR) is 63.7 cm³/mol. The Balaban J connectivity index is 2.05. The van der Waals surface area contributed by atoms with E-state index in [1.54, 1.807) is 0 Å². The summed E-state index contributed by atoms with van der Waals surface area (Å²) in [5.74, 6) is 0. The number of carboxylic acid groups (broad SMARTS) is 1. The van der Waals surface area contributed by atoms with Gasteiger partial charge in [-0.1, -0.05) is 30.3 Å². The molecular formula is C13H17NO3. The third-order valence-electron chi connectivity index (χ3n) is 3.26. The maximum Gasteiger partial charge on any atom is 0.407 e. The Labute approximate surface area is 100 Å². The SMILES string of the molecule is O=C(O)N(Cc1ccccc1)[C@H]1CC[C@H](O)C1. The Hall–Kier alpha value is -1.55. The molecule has 0 bridgehead atoms. The average molecular weight is 235 g/mol. The van der Waals surface area contributed by atoms with E-state index in [4.69, 9.17) is 0 Å². The molecule has 0 radical (unpaired) electrons. The van der Waals surface area contributed by atoms with E-state index in [0.717, 1.165) is 12.0 Å². The van der Waals surface area contributed by atoms with Crippen LogP contribution in [0.1, 0.15) is 24.8 Å². The van der Waals surface area contributed by atoms with Gasteiger partial charge >= 0.3 is 6.09 Å². The maximum absolute atomic E-state index is 11.2. The van der Waals surface area contributed by atoms with Crippen molar-refractivity contribution in [2.45, 2.75) is 38.0 Å². The molecule has 17 heavy (non-hydrogen) atoms. The highest BCUT2D eigenvalue weighted by molar-refractivity contribution is 5.65. The second-order valence-electron chi connectivity index (χ2n) is 4.52. The van der Waals surface area contributed by atoms with Crippen molar-refractivity contribution in [3.63, 3.8) is 0 Å². The summed E-state index contributed by atoms with van der Waals surface area (Å²) in [5.41, 5.74) is 0.983. The minimum atomic E-state index is -0.909. The summed E-state index contributed by atoms with van der Waals surface area (Å²) in [6.45, 7) is 0.396. The molecule has 1 fully saturated rings.